The molecule has 40 heavy (non-hydrogen) atoms. The maximum Gasteiger partial charge on any atom is 0.135 e. The first-order valence-electron chi connectivity index (χ1n) is 12.4. The van der Waals surface area contributed by atoms with Crippen molar-refractivity contribution in [1.82, 2.24) is 29.8 Å². The number of fused-ring (bicyclic) bond motifs is 6. The fourth-order valence-corrected chi connectivity index (χ4v) is 5.10. The number of anilines is 2. The second-order valence-electron chi connectivity index (χ2n) is 9.08. The third kappa shape index (κ3) is 3.84. The van der Waals surface area contributed by atoms with Crippen molar-refractivity contribution < 1.29 is 25.8 Å². The fraction of sp³-hybridized carbons (Fsp3) is 0. The number of aromatic nitrogens is 6. The minimum Gasteiger partial charge on any atom is -0.509 e. The molecule has 0 N–H and O–H groups in total. The average molecular weight is 700 g/mol. The van der Waals surface area contributed by atoms with Gasteiger partial charge in [-0.2, -0.15) is 12.1 Å². The van der Waals surface area contributed by atoms with E-state index in [0.717, 1.165) is 44.6 Å². The Kier molecular flexibility index (Phi) is 5.83. The van der Waals surface area contributed by atoms with Crippen LogP contribution in [-0.4, -0.2) is 29.8 Å². The van der Waals surface area contributed by atoms with E-state index in [1.54, 1.807) is 10.9 Å². The van der Waals surface area contributed by atoms with Crippen LogP contribution in [0.4, 0.5) is 11.4 Å². The standard InChI is InChI=1S/C31H18N7O.Pt/c1-4-13-28-24(10-1)25-16-15-23(19-29(25)38(28)30-14-5-6-17-32-30)39-22-9-7-8-21(18-22)36-20-37-31(33-34-35-37)26-11-2-3-12-27(26)36;/h1-17,20H;/q-3;. The number of ether oxygens (including phenoxy) is 1. The summed E-state index contributed by atoms with van der Waals surface area (Å²) >= 11 is 0. The molecule has 0 aliphatic carbocycles. The van der Waals surface area contributed by atoms with E-state index in [1.165, 1.54) is 0 Å². The zero-order valence-corrected chi connectivity index (χ0v) is 23.0. The van der Waals surface area contributed by atoms with Crippen LogP contribution in [0.2, 0.25) is 0 Å². The van der Waals surface area contributed by atoms with E-state index in [2.05, 4.69) is 55.4 Å². The first-order chi connectivity index (χ1) is 19.3. The number of nitrogens with zero attached hydrogens (tertiary/aromatic N) is 7. The van der Waals surface area contributed by atoms with Crippen LogP contribution in [0, 0.1) is 18.8 Å². The van der Waals surface area contributed by atoms with Crippen LogP contribution < -0.4 is 9.64 Å². The molecule has 0 spiro atoms. The third-order valence-electron chi connectivity index (χ3n) is 6.79. The Morgan fingerprint density at radius 3 is 2.52 bits per heavy atom. The summed E-state index contributed by atoms with van der Waals surface area (Å²) in [6.07, 6.45) is 1.80. The van der Waals surface area contributed by atoms with E-state index >= 15 is 0 Å². The average Bonchev–Trinajstić information content (AvgIpc) is 3.60. The zero-order valence-electron chi connectivity index (χ0n) is 20.7. The van der Waals surface area contributed by atoms with Gasteiger partial charge in [-0.1, -0.05) is 58.9 Å². The Labute approximate surface area is 243 Å². The molecule has 8 rings (SSSR count). The van der Waals surface area contributed by atoms with Crippen LogP contribution in [0.1, 0.15) is 0 Å². The van der Waals surface area contributed by atoms with Crippen molar-refractivity contribution in [3.05, 3.63) is 122 Å². The number of tetrazole rings is 1. The maximum atomic E-state index is 6.31. The molecule has 0 saturated carbocycles. The van der Waals surface area contributed by atoms with E-state index in [4.69, 9.17) is 4.74 Å². The molecule has 0 radical (unpaired) electrons. The minimum atomic E-state index is 0. The first kappa shape index (κ1) is 24.1. The van der Waals surface area contributed by atoms with Crippen LogP contribution in [0.15, 0.2) is 103 Å². The number of para-hydroxylation sites is 2. The van der Waals surface area contributed by atoms with Crippen LogP contribution >= 0.6 is 0 Å². The molecule has 0 amide bonds. The maximum absolute atomic E-state index is 6.31. The summed E-state index contributed by atoms with van der Waals surface area (Å²) in [6.45, 7) is 1.84. The summed E-state index contributed by atoms with van der Waals surface area (Å²) in [4.78, 5) is 6.60. The molecule has 4 aromatic carbocycles. The Morgan fingerprint density at radius 1 is 0.750 bits per heavy atom. The van der Waals surface area contributed by atoms with Crippen molar-refractivity contribution in [1.29, 1.82) is 0 Å². The van der Waals surface area contributed by atoms with Gasteiger partial charge in [0.1, 0.15) is 5.82 Å². The molecule has 0 fully saturated rings. The van der Waals surface area contributed by atoms with Gasteiger partial charge in [-0.25, -0.2) is 10.1 Å². The second kappa shape index (κ2) is 9.66. The van der Waals surface area contributed by atoms with E-state index in [-0.39, 0.29) is 21.1 Å². The van der Waals surface area contributed by atoms with Gasteiger partial charge in [0.05, 0.1) is 0 Å². The summed E-state index contributed by atoms with van der Waals surface area (Å²) in [7, 11) is 0. The summed E-state index contributed by atoms with van der Waals surface area (Å²) in [5.74, 6) is 2.67. The Hall–Kier alpha value is -4.94. The van der Waals surface area contributed by atoms with Crippen LogP contribution in [0.5, 0.6) is 11.5 Å². The monoisotopic (exact) mass is 699 g/mol. The van der Waals surface area contributed by atoms with Gasteiger partial charge in [0.25, 0.3) is 0 Å². The molecule has 0 unspecified atom stereocenters. The van der Waals surface area contributed by atoms with Crippen LogP contribution in [-0.2, 0) is 21.1 Å². The summed E-state index contributed by atoms with van der Waals surface area (Å²) in [6, 6.07) is 38.9. The molecule has 9 heteroatoms. The topological polar surface area (TPSA) is 73.9 Å². The molecule has 3 aromatic heterocycles. The number of hydrogen-bond acceptors (Lipinski definition) is 6. The molecule has 7 aromatic rings. The molecule has 4 heterocycles. The number of benzene rings is 4. The molecule has 0 atom stereocenters. The zero-order chi connectivity index (χ0) is 25.8. The van der Waals surface area contributed by atoms with Gasteiger partial charge in [-0.3, -0.25) is 0 Å². The van der Waals surface area contributed by atoms with Gasteiger partial charge in [0, 0.05) is 55.8 Å². The molecule has 1 aliphatic rings. The van der Waals surface area contributed by atoms with Crippen LogP contribution in [0.25, 0.3) is 39.0 Å². The summed E-state index contributed by atoms with van der Waals surface area (Å²) < 4.78 is 10.1. The van der Waals surface area contributed by atoms with E-state index in [9.17, 15) is 0 Å². The molecular weight excluding hydrogens is 681 g/mol. The van der Waals surface area contributed by atoms with Crippen molar-refractivity contribution in [2.24, 2.45) is 0 Å². The van der Waals surface area contributed by atoms with Crippen molar-refractivity contribution >= 4 is 33.2 Å². The Balaban J connectivity index is 0.00000264. The molecular formula is C31H18N7OPt-3. The van der Waals surface area contributed by atoms with Crippen molar-refractivity contribution in [2.45, 2.75) is 0 Å². The summed E-state index contributed by atoms with van der Waals surface area (Å²) in [5, 5.41) is 14.3. The molecule has 0 saturated heterocycles. The first-order valence-corrected chi connectivity index (χ1v) is 12.4. The van der Waals surface area contributed by atoms with Crippen molar-refractivity contribution in [3.63, 3.8) is 0 Å². The van der Waals surface area contributed by atoms with Crippen molar-refractivity contribution in [3.8, 4) is 28.7 Å². The predicted octanol–water partition coefficient (Wildman–Crippen LogP) is 6.34. The minimum absolute atomic E-state index is 0. The Bertz CT molecular complexity index is 2000. The molecule has 0 bridgehead atoms. The van der Waals surface area contributed by atoms with Gasteiger partial charge in [0.2, 0.25) is 0 Å². The van der Waals surface area contributed by atoms with Gasteiger partial charge in [0.15, 0.2) is 0 Å². The van der Waals surface area contributed by atoms with E-state index in [1.807, 2.05) is 90.4 Å². The quantitative estimate of drug-likeness (QED) is 0.200. The number of hydrogen-bond donors (Lipinski definition) is 0. The third-order valence-corrected chi connectivity index (χ3v) is 6.79. The van der Waals surface area contributed by atoms with Gasteiger partial charge in [-0.15, -0.1) is 35.7 Å². The molecule has 8 nitrogen and oxygen atoms in total. The van der Waals surface area contributed by atoms with Gasteiger partial charge >= 0.3 is 0 Å². The molecule has 1 aliphatic heterocycles. The van der Waals surface area contributed by atoms with E-state index in [0.29, 0.717) is 17.3 Å². The smallest absolute Gasteiger partial charge is 0.135 e. The summed E-state index contributed by atoms with van der Waals surface area (Å²) in [5.41, 5.74) is 4.65. The van der Waals surface area contributed by atoms with Crippen molar-refractivity contribution in [2.75, 3.05) is 4.90 Å². The van der Waals surface area contributed by atoms with Gasteiger partial charge < -0.3 is 18.9 Å². The number of pyridine rings is 1. The van der Waals surface area contributed by atoms with Gasteiger partial charge in [-0.05, 0) is 47.1 Å². The SMILES string of the molecule is [Pt].[c-]1c(Oc2[c-]c3c(cc2)c2ccccc2n3-c2ccccn2)cccc1N1[CH-]n2nnnc2-c2ccccc21. The van der Waals surface area contributed by atoms with Crippen LogP contribution in [0.3, 0.4) is 0 Å². The largest absolute Gasteiger partial charge is 0.509 e. The normalized spacial score (nSPS) is 11.9. The second-order valence-corrected chi connectivity index (χ2v) is 9.08. The molecule has 196 valence electrons. The number of rotatable bonds is 4. The fourth-order valence-electron chi connectivity index (χ4n) is 5.10. The predicted molar refractivity (Wildman–Crippen MR) is 148 cm³/mol. The van der Waals surface area contributed by atoms with E-state index < -0.39 is 0 Å². The Morgan fingerprint density at radius 2 is 1.60 bits per heavy atom.